The molecule has 166 valence electrons. The predicted molar refractivity (Wildman–Crippen MR) is 118 cm³/mol. The molecular weight excluding hydrogens is 402 g/mol. The zero-order chi connectivity index (χ0) is 21.9. The molecule has 3 rings (SSSR count). The van der Waals surface area contributed by atoms with E-state index >= 15 is 0 Å². The summed E-state index contributed by atoms with van der Waals surface area (Å²) in [6.45, 7) is 7.85. The van der Waals surface area contributed by atoms with E-state index in [2.05, 4.69) is 4.90 Å². The van der Waals surface area contributed by atoms with Crippen molar-refractivity contribution in [2.75, 3.05) is 39.8 Å². The van der Waals surface area contributed by atoms with Gasteiger partial charge in [-0.2, -0.15) is 0 Å². The Labute approximate surface area is 184 Å². The maximum absolute atomic E-state index is 12.9. The summed E-state index contributed by atoms with van der Waals surface area (Å²) in [5.74, 6) is -0.0636. The van der Waals surface area contributed by atoms with Crippen LogP contribution in [0.25, 0.3) is 0 Å². The van der Waals surface area contributed by atoms with Crippen LogP contribution in [-0.4, -0.2) is 77.4 Å². The second-order valence-electron chi connectivity index (χ2n) is 9.03. The highest BCUT2D eigenvalue weighted by Gasteiger charge is 2.36. The van der Waals surface area contributed by atoms with Gasteiger partial charge in [0.25, 0.3) is 0 Å². The molecule has 0 aliphatic carbocycles. The van der Waals surface area contributed by atoms with E-state index in [1.165, 1.54) is 0 Å². The summed E-state index contributed by atoms with van der Waals surface area (Å²) >= 11 is 5.97. The number of carbonyl (C=O) groups is 2. The van der Waals surface area contributed by atoms with Crippen LogP contribution in [0, 0.1) is 5.92 Å². The summed E-state index contributed by atoms with van der Waals surface area (Å²) in [6.07, 6.45) is 2.60. The highest BCUT2D eigenvalue weighted by molar-refractivity contribution is 6.30. The lowest BCUT2D eigenvalue weighted by Crippen LogP contribution is -2.45. The number of aliphatic hydroxyl groups is 1. The molecule has 0 saturated carbocycles. The van der Waals surface area contributed by atoms with E-state index in [-0.39, 0.29) is 23.8 Å². The first-order chi connectivity index (χ1) is 14.2. The van der Waals surface area contributed by atoms with Gasteiger partial charge in [-0.3, -0.25) is 9.59 Å². The molecule has 7 heteroatoms. The largest absolute Gasteiger partial charge is 0.385 e. The number of likely N-dealkylation sites (tertiary alicyclic amines) is 2. The molecule has 0 radical (unpaired) electrons. The summed E-state index contributed by atoms with van der Waals surface area (Å²) in [6, 6.07) is 7.60. The van der Waals surface area contributed by atoms with Crippen molar-refractivity contribution in [3.05, 3.63) is 34.9 Å². The number of rotatable bonds is 7. The SMILES string of the molecule is CC(C)N(CCCN1CCC(O)(c2ccc(Cl)cc2)CC1)C(=O)C1CC(=O)N(C)C1. The number of hydrogen-bond acceptors (Lipinski definition) is 4. The van der Waals surface area contributed by atoms with Crippen LogP contribution in [0.4, 0.5) is 0 Å². The summed E-state index contributed by atoms with van der Waals surface area (Å²) in [7, 11) is 1.76. The summed E-state index contributed by atoms with van der Waals surface area (Å²) in [5.41, 5.74) is 0.140. The van der Waals surface area contributed by atoms with Gasteiger partial charge in [0.15, 0.2) is 0 Å². The van der Waals surface area contributed by atoms with Crippen molar-refractivity contribution < 1.29 is 14.7 Å². The lowest BCUT2D eigenvalue weighted by atomic mass is 9.84. The molecule has 30 heavy (non-hydrogen) atoms. The average molecular weight is 436 g/mol. The van der Waals surface area contributed by atoms with Crippen LogP contribution in [0.5, 0.6) is 0 Å². The lowest BCUT2D eigenvalue weighted by molar-refractivity contribution is -0.137. The Morgan fingerprint density at radius 1 is 1.27 bits per heavy atom. The molecule has 1 unspecified atom stereocenters. The first-order valence-corrected chi connectivity index (χ1v) is 11.3. The highest BCUT2D eigenvalue weighted by atomic mass is 35.5. The molecule has 2 fully saturated rings. The smallest absolute Gasteiger partial charge is 0.228 e. The standard InChI is InChI=1S/C23H34ClN3O3/c1-17(2)27(22(29)18-15-21(28)25(3)16-18)12-4-11-26-13-9-23(30,10-14-26)19-5-7-20(24)8-6-19/h5-8,17-18,30H,4,9-16H2,1-3H3. The van der Waals surface area contributed by atoms with Gasteiger partial charge in [0.2, 0.25) is 11.8 Å². The Hall–Kier alpha value is -1.63. The number of amides is 2. The third-order valence-electron chi connectivity index (χ3n) is 6.53. The van der Waals surface area contributed by atoms with E-state index in [1.54, 1.807) is 11.9 Å². The summed E-state index contributed by atoms with van der Waals surface area (Å²) in [4.78, 5) is 30.6. The number of hydrogen-bond donors (Lipinski definition) is 1. The summed E-state index contributed by atoms with van der Waals surface area (Å²) in [5, 5.41) is 11.7. The molecule has 0 spiro atoms. The van der Waals surface area contributed by atoms with Crippen molar-refractivity contribution in [3.63, 3.8) is 0 Å². The first kappa shape index (κ1) is 23.0. The quantitative estimate of drug-likeness (QED) is 0.715. The fourth-order valence-electron chi connectivity index (χ4n) is 4.55. The zero-order valence-electron chi connectivity index (χ0n) is 18.3. The molecule has 1 aromatic rings. The fraction of sp³-hybridized carbons (Fsp3) is 0.652. The number of nitrogens with zero attached hydrogens (tertiary/aromatic N) is 3. The molecule has 1 atom stereocenters. The minimum atomic E-state index is -0.790. The Morgan fingerprint density at radius 3 is 2.43 bits per heavy atom. The van der Waals surface area contributed by atoms with Crippen molar-refractivity contribution in [2.45, 2.75) is 51.2 Å². The molecule has 1 N–H and O–H groups in total. The van der Waals surface area contributed by atoms with Crippen molar-refractivity contribution in [1.29, 1.82) is 0 Å². The average Bonchev–Trinajstić information content (AvgIpc) is 3.05. The summed E-state index contributed by atoms with van der Waals surface area (Å²) < 4.78 is 0. The van der Waals surface area contributed by atoms with Crippen LogP contribution < -0.4 is 0 Å². The molecule has 2 aliphatic rings. The molecule has 0 aromatic heterocycles. The molecule has 2 amide bonds. The van der Waals surface area contributed by atoms with Crippen LogP contribution in [0.3, 0.4) is 0 Å². The molecule has 2 aliphatic heterocycles. The zero-order valence-corrected chi connectivity index (χ0v) is 19.1. The van der Waals surface area contributed by atoms with Gasteiger partial charge in [0.05, 0.1) is 11.5 Å². The van der Waals surface area contributed by atoms with Crippen molar-refractivity contribution in [3.8, 4) is 0 Å². The van der Waals surface area contributed by atoms with Gasteiger partial charge >= 0.3 is 0 Å². The van der Waals surface area contributed by atoms with Gasteiger partial charge in [-0.25, -0.2) is 0 Å². The van der Waals surface area contributed by atoms with Gasteiger partial charge < -0.3 is 19.8 Å². The molecule has 2 saturated heterocycles. The minimum absolute atomic E-state index is 0.0542. The third-order valence-corrected chi connectivity index (χ3v) is 6.79. The Morgan fingerprint density at radius 2 is 1.90 bits per heavy atom. The third kappa shape index (κ3) is 5.34. The van der Waals surface area contributed by atoms with Crippen molar-refractivity contribution >= 4 is 23.4 Å². The topological polar surface area (TPSA) is 64.1 Å². The normalized spacial score (nSPS) is 22.0. The molecule has 0 bridgehead atoms. The second kappa shape index (κ2) is 9.67. The fourth-order valence-corrected chi connectivity index (χ4v) is 4.67. The van der Waals surface area contributed by atoms with Gasteiger partial charge in [0, 0.05) is 50.7 Å². The number of benzene rings is 1. The van der Waals surface area contributed by atoms with E-state index in [0.717, 1.165) is 31.6 Å². The Balaban J connectivity index is 1.47. The Kier molecular flexibility index (Phi) is 7.43. The van der Waals surface area contributed by atoms with Crippen LogP contribution in [0.2, 0.25) is 5.02 Å². The van der Waals surface area contributed by atoms with Crippen LogP contribution in [0.1, 0.15) is 45.1 Å². The molecule has 6 nitrogen and oxygen atoms in total. The van der Waals surface area contributed by atoms with Crippen LogP contribution >= 0.6 is 11.6 Å². The highest BCUT2D eigenvalue weighted by Crippen LogP contribution is 2.33. The minimum Gasteiger partial charge on any atom is -0.385 e. The number of halogens is 1. The van der Waals surface area contributed by atoms with E-state index in [0.29, 0.717) is 37.4 Å². The monoisotopic (exact) mass is 435 g/mol. The van der Waals surface area contributed by atoms with E-state index in [1.807, 2.05) is 43.0 Å². The maximum Gasteiger partial charge on any atom is 0.228 e. The van der Waals surface area contributed by atoms with Crippen LogP contribution in [-0.2, 0) is 15.2 Å². The van der Waals surface area contributed by atoms with Gasteiger partial charge in [-0.1, -0.05) is 23.7 Å². The maximum atomic E-state index is 12.9. The number of carbonyl (C=O) groups excluding carboxylic acids is 2. The first-order valence-electron chi connectivity index (χ1n) is 10.9. The van der Waals surface area contributed by atoms with Gasteiger partial charge in [0.1, 0.15) is 0 Å². The second-order valence-corrected chi connectivity index (χ2v) is 9.47. The van der Waals surface area contributed by atoms with E-state index in [4.69, 9.17) is 11.6 Å². The molecule has 2 heterocycles. The number of piperidine rings is 1. The van der Waals surface area contributed by atoms with Crippen molar-refractivity contribution in [1.82, 2.24) is 14.7 Å². The van der Waals surface area contributed by atoms with Gasteiger partial charge in [-0.05, 0) is 57.4 Å². The lowest BCUT2D eigenvalue weighted by Gasteiger charge is -2.39. The van der Waals surface area contributed by atoms with Crippen molar-refractivity contribution in [2.24, 2.45) is 5.92 Å². The Bertz CT molecular complexity index is 745. The van der Waals surface area contributed by atoms with E-state index < -0.39 is 5.60 Å². The predicted octanol–water partition coefficient (Wildman–Crippen LogP) is 2.73. The van der Waals surface area contributed by atoms with Crippen LogP contribution in [0.15, 0.2) is 24.3 Å². The molecule has 1 aromatic carbocycles. The van der Waals surface area contributed by atoms with E-state index in [9.17, 15) is 14.7 Å². The molecular formula is C23H34ClN3O3. The van der Waals surface area contributed by atoms with Gasteiger partial charge in [-0.15, -0.1) is 0 Å².